The van der Waals surface area contributed by atoms with E-state index in [1.165, 1.54) is 0 Å². The standard InChI is InChI=1S/C9H10I2O2/c1-5(13-2)6-3-9(12)8(11)4-7(6)10/h3-5,12H,1-2H3. The van der Waals surface area contributed by atoms with Crippen LogP contribution in [-0.2, 0) is 4.74 Å². The summed E-state index contributed by atoms with van der Waals surface area (Å²) in [5.41, 5.74) is 1.03. The third-order valence-electron chi connectivity index (χ3n) is 1.86. The molecule has 1 aromatic rings. The lowest BCUT2D eigenvalue weighted by Crippen LogP contribution is -1.99. The van der Waals surface area contributed by atoms with Crippen molar-refractivity contribution in [1.82, 2.24) is 0 Å². The lowest BCUT2D eigenvalue weighted by atomic mass is 10.1. The molecule has 0 spiro atoms. The van der Waals surface area contributed by atoms with E-state index in [1.807, 2.05) is 13.0 Å². The maximum atomic E-state index is 9.50. The summed E-state index contributed by atoms with van der Waals surface area (Å²) < 4.78 is 7.18. The Hall–Kier alpha value is 0.440. The predicted octanol–water partition coefficient (Wildman–Crippen LogP) is 3.31. The number of phenols is 1. The Morgan fingerprint density at radius 2 is 1.92 bits per heavy atom. The zero-order valence-corrected chi connectivity index (χ0v) is 11.7. The highest BCUT2D eigenvalue weighted by molar-refractivity contribution is 14.1. The van der Waals surface area contributed by atoms with Crippen molar-refractivity contribution in [2.24, 2.45) is 0 Å². The normalized spacial score (nSPS) is 12.9. The number of methoxy groups -OCH3 is 1. The highest BCUT2D eigenvalue weighted by atomic mass is 127. The van der Waals surface area contributed by atoms with Crippen LogP contribution in [0.25, 0.3) is 0 Å². The molecule has 2 nitrogen and oxygen atoms in total. The fraction of sp³-hybridized carbons (Fsp3) is 0.333. The van der Waals surface area contributed by atoms with Crippen LogP contribution in [0.4, 0.5) is 0 Å². The zero-order chi connectivity index (χ0) is 10.0. The Labute approximate surface area is 105 Å². The quantitative estimate of drug-likeness (QED) is 0.767. The molecule has 0 saturated carbocycles. The molecule has 0 aliphatic rings. The van der Waals surface area contributed by atoms with Crippen molar-refractivity contribution in [3.05, 3.63) is 24.8 Å². The summed E-state index contributed by atoms with van der Waals surface area (Å²) >= 11 is 4.35. The van der Waals surface area contributed by atoms with Crippen molar-refractivity contribution in [3.8, 4) is 5.75 Å². The zero-order valence-electron chi connectivity index (χ0n) is 7.34. The first-order chi connectivity index (χ1) is 6.06. The summed E-state index contributed by atoms with van der Waals surface area (Å²) in [6.07, 6.45) is 0.0230. The first-order valence-corrected chi connectivity index (χ1v) is 5.92. The van der Waals surface area contributed by atoms with E-state index in [2.05, 4.69) is 45.2 Å². The third-order valence-corrected chi connectivity index (χ3v) is 3.66. The van der Waals surface area contributed by atoms with Gasteiger partial charge in [-0.05, 0) is 69.8 Å². The molecule has 1 rings (SSSR count). The molecular formula is C9H10I2O2. The molecule has 0 heterocycles. The number of ether oxygens (including phenoxy) is 1. The molecule has 1 N–H and O–H groups in total. The third kappa shape index (κ3) is 2.69. The summed E-state index contributed by atoms with van der Waals surface area (Å²) in [7, 11) is 1.66. The van der Waals surface area contributed by atoms with Crippen LogP contribution in [0.2, 0.25) is 0 Å². The lowest BCUT2D eigenvalue weighted by Gasteiger charge is -2.12. The molecule has 1 unspecified atom stereocenters. The Morgan fingerprint density at radius 3 is 2.46 bits per heavy atom. The van der Waals surface area contributed by atoms with Crippen LogP contribution in [0.1, 0.15) is 18.6 Å². The first-order valence-electron chi connectivity index (χ1n) is 3.77. The van der Waals surface area contributed by atoms with Gasteiger partial charge in [0.05, 0.1) is 9.67 Å². The van der Waals surface area contributed by atoms with Crippen molar-refractivity contribution in [2.75, 3.05) is 7.11 Å². The van der Waals surface area contributed by atoms with Gasteiger partial charge in [-0.15, -0.1) is 0 Å². The molecule has 0 saturated heterocycles. The highest BCUT2D eigenvalue weighted by Crippen LogP contribution is 2.29. The van der Waals surface area contributed by atoms with Crippen molar-refractivity contribution >= 4 is 45.2 Å². The number of phenolic OH excluding ortho intramolecular Hbond substituents is 1. The molecule has 1 atom stereocenters. The number of hydrogen-bond acceptors (Lipinski definition) is 2. The monoisotopic (exact) mass is 404 g/mol. The van der Waals surface area contributed by atoms with Gasteiger partial charge in [0, 0.05) is 10.7 Å². The number of benzene rings is 1. The average molecular weight is 404 g/mol. The molecular weight excluding hydrogens is 394 g/mol. The van der Waals surface area contributed by atoms with Crippen molar-refractivity contribution in [1.29, 1.82) is 0 Å². The van der Waals surface area contributed by atoms with Crippen LogP contribution in [0, 0.1) is 7.14 Å². The van der Waals surface area contributed by atoms with Crippen LogP contribution in [0.15, 0.2) is 12.1 Å². The summed E-state index contributed by atoms with van der Waals surface area (Å²) in [4.78, 5) is 0. The van der Waals surface area contributed by atoms with Crippen LogP contribution in [-0.4, -0.2) is 12.2 Å². The minimum Gasteiger partial charge on any atom is -0.507 e. The van der Waals surface area contributed by atoms with E-state index < -0.39 is 0 Å². The summed E-state index contributed by atoms with van der Waals surface area (Å²) in [5.74, 6) is 0.319. The Morgan fingerprint density at radius 1 is 1.31 bits per heavy atom. The molecule has 0 aliphatic carbocycles. The molecule has 0 amide bonds. The van der Waals surface area contributed by atoms with Crippen LogP contribution < -0.4 is 0 Å². The van der Waals surface area contributed by atoms with Gasteiger partial charge >= 0.3 is 0 Å². The molecule has 0 aromatic heterocycles. The predicted molar refractivity (Wildman–Crippen MR) is 69.0 cm³/mol. The summed E-state index contributed by atoms with van der Waals surface area (Å²) in [6.45, 7) is 1.96. The number of halogens is 2. The van der Waals surface area contributed by atoms with Crippen LogP contribution >= 0.6 is 45.2 Å². The van der Waals surface area contributed by atoms with E-state index >= 15 is 0 Å². The summed E-state index contributed by atoms with van der Waals surface area (Å²) in [5, 5.41) is 9.50. The van der Waals surface area contributed by atoms with Gasteiger partial charge in [0.15, 0.2) is 0 Å². The largest absolute Gasteiger partial charge is 0.507 e. The van der Waals surface area contributed by atoms with Gasteiger partial charge in [0.2, 0.25) is 0 Å². The SMILES string of the molecule is COC(C)c1cc(O)c(I)cc1I. The molecule has 0 fully saturated rings. The van der Waals surface area contributed by atoms with Gasteiger partial charge in [-0.2, -0.15) is 0 Å². The molecule has 0 aliphatic heterocycles. The maximum absolute atomic E-state index is 9.50. The van der Waals surface area contributed by atoms with Crippen molar-refractivity contribution < 1.29 is 9.84 Å². The molecule has 0 bridgehead atoms. The van der Waals surface area contributed by atoms with Gasteiger partial charge in [0.25, 0.3) is 0 Å². The fourth-order valence-corrected chi connectivity index (χ4v) is 2.96. The molecule has 0 radical (unpaired) electrons. The molecule has 1 aromatic carbocycles. The topological polar surface area (TPSA) is 29.5 Å². The van der Waals surface area contributed by atoms with E-state index in [-0.39, 0.29) is 6.10 Å². The maximum Gasteiger partial charge on any atom is 0.129 e. The van der Waals surface area contributed by atoms with Gasteiger partial charge in [-0.25, -0.2) is 0 Å². The average Bonchev–Trinajstić information content (AvgIpc) is 2.10. The van der Waals surface area contributed by atoms with Gasteiger partial charge < -0.3 is 9.84 Å². The minimum atomic E-state index is 0.0230. The van der Waals surface area contributed by atoms with Crippen molar-refractivity contribution in [3.63, 3.8) is 0 Å². The summed E-state index contributed by atoms with van der Waals surface area (Å²) in [6, 6.07) is 3.71. The molecule has 72 valence electrons. The van der Waals surface area contributed by atoms with E-state index in [4.69, 9.17) is 4.74 Å². The number of aromatic hydroxyl groups is 1. The smallest absolute Gasteiger partial charge is 0.129 e. The van der Waals surface area contributed by atoms with E-state index in [1.54, 1.807) is 13.2 Å². The second-order valence-corrected chi connectivity index (χ2v) is 5.03. The number of rotatable bonds is 2. The van der Waals surface area contributed by atoms with Gasteiger partial charge in [-0.3, -0.25) is 0 Å². The van der Waals surface area contributed by atoms with E-state index in [0.29, 0.717) is 5.75 Å². The number of hydrogen-bond donors (Lipinski definition) is 1. The molecule has 13 heavy (non-hydrogen) atoms. The first kappa shape index (κ1) is 11.5. The second kappa shape index (κ2) is 4.79. The second-order valence-electron chi connectivity index (χ2n) is 2.70. The van der Waals surface area contributed by atoms with Gasteiger partial charge in [0.1, 0.15) is 5.75 Å². The highest BCUT2D eigenvalue weighted by Gasteiger charge is 2.11. The van der Waals surface area contributed by atoms with Gasteiger partial charge in [-0.1, -0.05) is 0 Å². The Kier molecular flexibility index (Phi) is 4.24. The van der Waals surface area contributed by atoms with Crippen LogP contribution in [0.3, 0.4) is 0 Å². The van der Waals surface area contributed by atoms with E-state index in [0.717, 1.165) is 12.7 Å². The molecule has 4 heteroatoms. The lowest BCUT2D eigenvalue weighted by molar-refractivity contribution is 0.118. The minimum absolute atomic E-state index is 0.0230. The van der Waals surface area contributed by atoms with Crippen LogP contribution in [0.5, 0.6) is 5.75 Å². The Balaban J connectivity index is 3.15. The fourth-order valence-electron chi connectivity index (χ4n) is 0.992. The van der Waals surface area contributed by atoms with Crippen molar-refractivity contribution in [2.45, 2.75) is 13.0 Å². The van der Waals surface area contributed by atoms with E-state index in [9.17, 15) is 5.11 Å². The Bertz CT molecular complexity index is 313.